The molecule has 0 spiro atoms. The van der Waals surface area contributed by atoms with E-state index in [0.717, 1.165) is 22.5 Å². The van der Waals surface area contributed by atoms with Crippen molar-refractivity contribution in [2.45, 2.75) is 50.5 Å². The van der Waals surface area contributed by atoms with Crippen LogP contribution in [0.3, 0.4) is 0 Å². The van der Waals surface area contributed by atoms with Crippen LogP contribution in [0.15, 0.2) is 22.7 Å². The van der Waals surface area contributed by atoms with Gasteiger partial charge in [0.2, 0.25) is 4.34 Å². The summed E-state index contributed by atoms with van der Waals surface area (Å²) in [5, 5.41) is 21.7. The van der Waals surface area contributed by atoms with Gasteiger partial charge < -0.3 is 10.4 Å². The number of rotatable bonds is 6. The standard InChI is InChI=1S/C18H22N4O4S2/c1-5-12-7-11(9-19)8-13(6-2)15(12)21-16(23)22-28(25,26)17-20-10-14(27-17)18(3,4)24/h7-8,10,24H,5-6H2,1-4H3,(H2,21,22,23). The molecule has 8 nitrogen and oxygen atoms in total. The number of nitrogens with zero attached hydrogens (tertiary/aromatic N) is 2. The largest absolute Gasteiger partial charge is 0.385 e. The highest BCUT2D eigenvalue weighted by Crippen LogP contribution is 2.28. The van der Waals surface area contributed by atoms with Gasteiger partial charge in [-0.1, -0.05) is 13.8 Å². The van der Waals surface area contributed by atoms with Gasteiger partial charge in [0, 0.05) is 11.9 Å². The minimum Gasteiger partial charge on any atom is -0.385 e. The number of carbonyl (C=O) groups is 1. The molecule has 1 aromatic heterocycles. The molecule has 2 amide bonds. The number of hydrogen-bond donors (Lipinski definition) is 3. The third kappa shape index (κ3) is 4.86. The van der Waals surface area contributed by atoms with Gasteiger partial charge in [-0.05, 0) is 49.9 Å². The third-order valence-corrected chi connectivity index (χ3v) is 7.01. The summed E-state index contributed by atoms with van der Waals surface area (Å²) in [6, 6.07) is 4.49. The van der Waals surface area contributed by atoms with Crippen LogP contribution < -0.4 is 10.0 Å². The summed E-state index contributed by atoms with van der Waals surface area (Å²) in [5.41, 5.74) is 1.22. The van der Waals surface area contributed by atoms with E-state index >= 15 is 0 Å². The summed E-state index contributed by atoms with van der Waals surface area (Å²) in [6.07, 6.45) is 2.39. The van der Waals surface area contributed by atoms with Gasteiger partial charge in [-0.25, -0.2) is 14.5 Å². The van der Waals surface area contributed by atoms with Crippen molar-refractivity contribution in [1.29, 1.82) is 5.26 Å². The van der Waals surface area contributed by atoms with E-state index in [1.165, 1.54) is 20.0 Å². The Morgan fingerprint density at radius 1 is 1.29 bits per heavy atom. The van der Waals surface area contributed by atoms with Crippen molar-refractivity contribution < 1.29 is 18.3 Å². The van der Waals surface area contributed by atoms with Crippen molar-refractivity contribution in [3.05, 3.63) is 39.9 Å². The Balaban J connectivity index is 2.27. The number of nitriles is 1. The molecule has 3 N–H and O–H groups in total. The van der Waals surface area contributed by atoms with E-state index in [1.54, 1.807) is 12.1 Å². The lowest BCUT2D eigenvalue weighted by atomic mass is 9.99. The molecular formula is C18H22N4O4S2. The first-order valence-electron chi connectivity index (χ1n) is 8.60. The third-order valence-electron chi connectivity index (χ3n) is 3.98. The number of benzene rings is 1. The molecule has 2 aromatic rings. The number of urea groups is 1. The maximum Gasteiger partial charge on any atom is 0.333 e. The van der Waals surface area contributed by atoms with Gasteiger partial charge in [0.25, 0.3) is 10.0 Å². The fourth-order valence-corrected chi connectivity index (χ4v) is 4.58. The minimum atomic E-state index is -4.19. The van der Waals surface area contributed by atoms with E-state index in [4.69, 9.17) is 5.26 Å². The van der Waals surface area contributed by atoms with Gasteiger partial charge in [0.05, 0.1) is 22.1 Å². The molecule has 0 saturated carbocycles. The van der Waals surface area contributed by atoms with E-state index in [9.17, 15) is 18.3 Å². The summed E-state index contributed by atoms with van der Waals surface area (Å²) in [7, 11) is -4.19. The van der Waals surface area contributed by atoms with E-state index in [0.29, 0.717) is 29.0 Å². The van der Waals surface area contributed by atoms with Crippen molar-refractivity contribution in [2.75, 3.05) is 5.32 Å². The molecule has 0 aliphatic rings. The predicted octanol–water partition coefficient (Wildman–Crippen LogP) is 2.88. The number of nitrogens with one attached hydrogen (secondary N) is 2. The Morgan fingerprint density at radius 2 is 1.86 bits per heavy atom. The molecule has 0 radical (unpaired) electrons. The number of carbonyl (C=O) groups excluding carboxylic acids is 1. The van der Waals surface area contributed by atoms with Crippen LogP contribution in [0.1, 0.15) is 49.3 Å². The first-order chi connectivity index (χ1) is 13.0. The topological polar surface area (TPSA) is 132 Å². The zero-order chi connectivity index (χ0) is 21.1. The van der Waals surface area contributed by atoms with Crippen LogP contribution in [0.4, 0.5) is 10.5 Å². The molecule has 0 aliphatic carbocycles. The van der Waals surface area contributed by atoms with Crippen molar-refractivity contribution in [3.8, 4) is 6.07 Å². The van der Waals surface area contributed by atoms with Gasteiger partial charge >= 0.3 is 6.03 Å². The quantitative estimate of drug-likeness (QED) is 0.656. The first-order valence-corrected chi connectivity index (χ1v) is 10.9. The van der Waals surface area contributed by atoms with Gasteiger partial charge in [0.15, 0.2) is 0 Å². The van der Waals surface area contributed by atoms with E-state index in [-0.39, 0.29) is 4.34 Å². The molecule has 2 rings (SSSR count). The van der Waals surface area contributed by atoms with E-state index < -0.39 is 21.7 Å². The zero-order valence-corrected chi connectivity index (χ0v) is 17.7. The Morgan fingerprint density at radius 3 is 2.29 bits per heavy atom. The van der Waals surface area contributed by atoms with Crippen LogP contribution in [0.2, 0.25) is 0 Å². The van der Waals surface area contributed by atoms with Crippen LogP contribution in [-0.2, 0) is 28.5 Å². The molecule has 10 heteroatoms. The SMILES string of the molecule is CCc1cc(C#N)cc(CC)c1NC(=O)NS(=O)(=O)c1ncc(C(C)(C)O)s1. The summed E-state index contributed by atoms with van der Waals surface area (Å²) >= 11 is 0.788. The number of anilines is 1. The summed E-state index contributed by atoms with van der Waals surface area (Å²) < 4.78 is 26.5. The second-order valence-corrected chi connectivity index (χ2v) is 9.48. The van der Waals surface area contributed by atoms with Crippen LogP contribution >= 0.6 is 11.3 Å². The number of thiazole rings is 1. The zero-order valence-electron chi connectivity index (χ0n) is 16.0. The highest BCUT2D eigenvalue weighted by Gasteiger charge is 2.26. The van der Waals surface area contributed by atoms with Gasteiger partial charge in [-0.3, -0.25) is 0 Å². The molecule has 0 fully saturated rings. The summed E-state index contributed by atoms with van der Waals surface area (Å²) in [4.78, 5) is 16.5. The summed E-state index contributed by atoms with van der Waals surface area (Å²) in [5.74, 6) is 0. The normalized spacial score (nSPS) is 11.7. The van der Waals surface area contributed by atoms with Crippen LogP contribution in [-0.4, -0.2) is 24.5 Å². The second-order valence-electron chi connectivity index (χ2n) is 6.60. The molecule has 0 unspecified atom stereocenters. The molecule has 0 aliphatic heterocycles. The van der Waals surface area contributed by atoms with Gasteiger partial charge in [-0.15, -0.1) is 11.3 Å². The maximum absolute atomic E-state index is 12.4. The van der Waals surface area contributed by atoms with Crippen molar-refractivity contribution in [1.82, 2.24) is 9.71 Å². The average Bonchev–Trinajstić information content (AvgIpc) is 3.12. The maximum atomic E-state index is 12.4. The van der Waals surface area contributed by atoms with Crippen molar-refractivity contribution in [2.24, 2.45) is 0 Å². The molecule has 0 bridgehead atoms. The molecule has 1 aromatic carbocycles. The van der Waals surface area contributed by atoms with E-state index in [1.807, 2.05) is 18.6 Å². The smallest absolute Gasteiger partial charge is 0.333 e. The molecule has 150 valence electrons. The summed E-state index contributed by atoms with van der Waals surface area (Å²) in [6.45, 7) is 6.79. The Labute approximate surface area is 168 Å². The molecular weight excluding hydrogens is 400 g/mol. The highest BCUT2D eigenvalue weighted by atomic mass is 32.2. The average molecular weight is 423 g/mol. The Bertz CT molecular complexity index is 1010. The number of aliphatic hydroxyl groups is 1. The molecule has 1 heterocycles. The number of amides is 2. The number of sulfonamides is 1. The van der Waals surface area contributed by atoms with Gasteiger partial charge in [-0.2, -0.15) is 13.7 Å². The predicted molar refractivity (Wildman–Crippen MR) is 107 cm³/mol. The fraction of sp³-hybridized carbons (Fsp3) is 0.389. The minimum absolute atomic E-state index is 0.314. The number of aromatic nitrogens is 1. The highest BCUT2D eigenvalue weighted by molar-refractivity contribution is 7.92. The molecule has 0 saturated heterocycles. The Hall–Kier alpha value is -2.48. The lowest BCUT2D eigenvalue weighted by molar-refractivity contribution is 0.0823. The van der Waals surface area contributed by atoms with Gasteiger partial charge in [0.1, 0.15) is 0 Å². The Kier molecular flexibility index (Phi) is 6.44. The first kappa shape index (κ1) is 21.8. The lowest BCUT2D eigenvalue weighted by Gasteiger charge is -2.15. The van der Waals surface area contributed by atoms with Crippen molar-refractivity contribution in [3.63, 3.8) is 0 Å². The second kappa shape index (κ2) is 8.26. The number of aryl methyl sites for hydroxylation is 2. The molecule has 0 atom stereocenters. The van der Waals surface area contributed by atoms with Crippen LogP contribution in [0.25, 0.3) is 0 Å². The number of hydrogen-bond acceptors (Lipinski definition) is 7. The monoisotopic (exact) mass is 422 g/mol. The lowest BCUT2D eigenvalue weighted by Crippen LogP contribution is -2.34. The van der Waals surface area contributed by atoms with Crippen molar-refractivity contribution >= 4 is 33.1 Å². The van der Waals surface area contributed by atoms with E-state index in [2.05, 4.69) is 16.4 Å². The molecule has 28 heavy (non-hydrogen) atoms. The van der Waals surface area contributed by atoms with Crippen LogP contribution in [0, 0.1) is 11.3 Å². The fourth-order valence-electron chi connectivity index (χ4n) is 2.52. The van der Waals surface area contributed by atoms with Crippen LogP contribution in [0.5, 0.6) is 0 Å².